The van der Waals surface area contributed by atoms with Crippen LogP contribution in [0.5, 0.6) is 0 Å². The molecule has 5 aromatic rings. The van der Waals surface area contributed by atoms with Crippen LogP contribution in [0.15, 0.2) is 79.6 Å². The summed E-state index contributed by atoms with van der Waals surface area (Å²) >= 11 is 1.60. The van der Waals surface area contributed by atoms with Gasteiger partial charge in [-0.1, -0.05) is 24.3 Å². The van der Waals surface area contributed by atoms with Crippen molar-refractivity contribution < 1.29 is 4.39 Å². The number of imidazole rings is 1. The van der Waals surface area contributed by atoms with Gasteiger partial charge in [-0.3, -0.25) is 0 Å². The fourth-order valence-electron chi connectivity index (χ4n) is 3.35. The van der Waals surface area contributed by atoms with E-state index in [2.05, 4.69) is 51.5 Å². The molecule has 5 nitrogen and oxygen atoms in total. The van der Waals surface area contributed by atoms with E-state index in [0.29, 0.717) is 0 Å². The van der Waals surface area contributed by atoms with E-state index in [1.54, 1.807) is 42.3 Å². The molecule has 0 spiro atoms. The number of rotatable bonds is 5. The average Bonchev–Trinajstić information content (AvgIpc) is 3.45. The summed E-state index contributed by atoms with van der Waals surface area (Å²) in [5, 5.41) is 3.51. The van der Waals surface area contributed by atoms with Crippen LogP contribution < -0.4 is 5.32 Å². The molecule has 0 aliphatic rings. The van der Waals surface area contributed by atoms with Crippen molar-refractivity contribution in [2.24, 2.45) is 0 Å². The molecule has 1 atom stereocenters. The molecule has 0 radical (unpaired) electrons. The normalized spacial score (nSPS) is 12.2. The first kappa shape index (κ1) is 18.4. The van der Waals surface area contributed by atoms with E-state index in [1.165, 1.54) is 12.1 Å². The highest BCUT2D eigenvalue weighted by atomic mass is 32.1. The number of aromatic nitrogens is 4. The summed E-state index contributed by atoms with van der Waals surface area (Å²) in [5.41, 5.74) is 4.06. The summed E-state index contributed by atoms with van der Waals surface area (Å²) in [4.78, 5) is 14.0. The van der Waals surface area contributed by atoms with Gasteiger partial charge in [-0.2, -0.15) is 0 Å². The molecule has 0 amide bonds. The Morgan fingerprint density at radius 3 is 2.57 bits per heavy atom. The Balaban J connectivity index is 1.41. The van der Waals surface area contributed by atoms with Gasteiger partial charge in [0.05, 0.1) is 16.5 Å². The Morgan fingerprint density at radius 2 is 1.83 bits per heavy atom. The van der Waals surface area contributed by atoms with Gasteiger partial charge in [0.25, 0.3) is 0 Å². The Labute approximate surface area is 176 Å². The topological polar surface area (TPSA) is 55.6 Å². The molecule has 0 saturated heterocycles. The highest BCUT2D eigenvalue weighted by Gasteiger charge is 2.13. The summed E-state index contributed by atoms with van der Waals surface area (Å²) in [6, 6.07) is 16.9. The third-order valence-corrected chi connectivity index (χ3v) is 6.17. The number of thiophene rings is 1. The molecule has 2 aromatic carbocycles. The van der Waals surface area contributed by atoms with Gasteiger partial charge < -0.3 is 9.88 Å². The molecule has 148 valence electrons. The van der Waals surface area contributed by atoms with Gasteiger partial charge in [-0.05, 0) is 48.4 Å². The molecule has 0 fully saturated rings. The molecule has 5 rings (SSSR count). The average molecular weight is 415 g/mol. The van der Waals surface area contributed by atoms with E-state index in [0.717, 1.165) is 37.7 Å². The lowest BCUT2D eigenvalue weighted by Gasteiger charge is -2.16. The van der Waals surface area contributed by atoms with E-state index >= 15 is 0 Å². The molecule has 1 N–H and O–H groups in total. The van der Waals surface area contributed by atoms with E-state index in [4.69, 9.17) is 0 Å². The molecule has 0 unspecified atom stereocenters. The molecule has 3 aromatic heterocycles. The van der Waals surface area contributed by atoms with Crippen molar-refractivity contribution >= 4 is 27.4 Å². The zero-order valence-electron chi connectivity index (χ0n) is 16.2. The summed E-state index contributed by atoms with van der Waals surface area (Å²) in [6.07, 6.45) is 7.04. The molecule has 0 bridgehead atoms. The largest absolute Gasteiger partial charge is 0.362 e. The van der Waals surface area contributed by atoms with Crippen LogP contribution >= 0.6 is 11.3 Å². The summed E-state index contributed by atoms with van der Waals surface area (Å²) < 4.78 is 16.2. The number of nitrogens with one attached hydrogen (secondary N) is 1. The number of hydrogen-bond acceptors (Lipinski definition) is 5. The van der Waals surface area contributed by atoms with E-state index < -0.39 is 0 Å². The van der Waals surface area contributed by atoms with Crippen LogP contribution in [0.4, 0.5) is 10.2 Å². The molecule has 7 heteroatoms. The van der Waals surface area contributed by atoms with Crippen molar-refractivity contribution in [3.05, 3.63) is 91.0 Å². The summed E-state index contributed by atoms with van der Waals surface area (Å²) in [6.45, 7) is 2.11. The summed E-state index contributed by atoms with van der Waals surface area (Å²) in [5.74, 6) is 0.555. The highest BCUT2D eigenvalue weighted by Crippen LogP contribution is 2.36. The van der Waals surface area contributed by atoms with E-state index in [9.17, 15) is 4.39 Å². The van der Waals surface area contributed by atoms with Crippen molar-refractivity contribution in [3.8, 4) is 16.1 Å². The monoisotopic (exact) mass is 415 g/mol. The number of anilines is 1. The highest BCUT2D eigenvalue weighted by molar-refractivity contribution is 7.22. The van der Waals surface area contributed by atoms with Gasteiger partial charge in [0.1, 0.15) is 18.0 Å². The van der Waals surface area contributed by atoms with Crippen LogP contribution in [0.1, 0.15) is 18.5 Å². The minimum Gasteiger partial charge on any atom is -0.362 e. The van der Waals surface area contributed by atoms with Crippen LogP contribution in [0.3, 0.4) is 0 Å². The van der Waals surface area contributed by atoms with Crippen molar-refractivity contribution in [1.82, 2.24) is 19.5 Å². The molecule has 0 aliphatic carbocycles. The number of hydrogen-bond donors (Lipinski definition) is 1. The van der Waals surface area contributed by atoms with Crippen LogP contribution in [0, 0.1) is 5.82 Å². The minimum atomic E-state index is -0.241. The maximum Gasteiger partial charge on any atom is 0.147 e. The van der Waals surface area contributed by atoms with Gasteiger partial charge in [0, 0.05) is 29.0 Å². The van der Waals surface area contributed by atoms with Gasteiger partial charge in [0.15, 0.2) is 0 Å². The van der Waals surface area contributed by atoms with Gasteiger partial charge in [-0.25, -0.2) is 19.3 Å². The Kier molecular flexibility index (Phi) is 4.72. The van der Waals surface area contributed by atoms with Crippen molar-refractivity contribution in [2.75, 3.05) is 5.32 Å². The smallest absolute Gasteiger partial charge is 0.147 e. The fourth-order valence-corrected chi connectivity index (χ4v) is 4.42. The first-order valence-corrected chi connectivity index (χ1v) is 10.3. The SMILES string of the molecule is C[C@@H](Nc1ncnc2cc(-c3ccc(F)cc3)sc12)c1ccc(-n2ccnc2)cc1. The maximum atomic E-state index is 13.2. The molecule has 0 aliphatic heterocycles. The predicted octanol–water partition coefficient (Wildman–Crippen LogP) is 5.86. The number of halogens is 1. The summed E-state index contributed by atoms with van der Waals surface area (Å²) in [7, 11) is 0. The van der Waals surface area contributed by atoms with Gasteiger partial charge in [0.2, 0.25) is 0 Å². The molecular formula is C23H18FN5S. The van der Waals surface area contributed by atoms with E-state index in [1.807, 2.05) is 16.8 Å². The van der Waals surface area contributed by atoms with Crippen LogP contribution in [-0.4, -0.2) is 19.5 Å². The first-order valence-electron chi connectivity index (χ1n) is 9.53. The van der Waals surface area contributed by atoms with Gasteiger partial charge >= 0.3 is 0 Å². The first-order chi connectivity index (χ1) is 14.7. The second kappa shape index (κ2) is 7.68. The van der Waals surface area contributed by atoms with Crippen molar-refractivity contribution in [3.63, 3.8) is 0 Å². The van der Waals surface area contributed by atoms with Crippen molar-refractivity contribution in [2.45, 2.75) is 13.0 Å². The minimum absolute atomic E-state index is 0.0660. The Hall–Kier alpha value is -3.58. The lowest BCUT2D eigenvalue weighted by molar-refractivity contribution is 0.628. The number of nitrogens with zero attached hydrogens (tertiary/aromatic N) is 4. The van der Waals surface area contributed by atoms with Crippen LogP contribution in [-0.2, 0) is 0 Å². The van der Waals surface area contributed by atoms with Crippen LogP contribution in [0.25, 0.3) is 26.3 Å². The molecule has 3 heterocycles. The lowest BCUT2D eigenvalue weighted by Crippen LogP contribution is -2.08. The number of benzene rings is 2. The fraction of sp³-hybridized carbons (Fsp3) is 0.0870. The number of fused-ring (bicyclic) bond motifs is 1. The molecule has 30 heavy (non-hydrogen) atoms. The second-order valence-electron chi connectivity index (χ2n) is 6.98. The molecular weight excluding hydrogens is 397 g/mol. The second-order valence-corrected chi connectivity index (χ2v) is 8.03. The third kappa shape index (κ3) is 3.55. The Morgan fingerprint density at radius 1 is 1.03 bits per heavy atom. The third-order valence-electron chi connectivity index (χ3n) is 4.99. The quantitative estimate of drug-likeness (QED) is 0.391. The lowest BCUT2D eigenvalue weighted by atomic mass is 10.1. The zero-order chi connectivity index (χ0) is 20.5. The van der Waals surface area contributed by atoms with Gasteiger partial charge in [-0.15, -0.1) is 11.3 Å². The standard InChI is InChI=1S/C23H18FN5S/c1-15(16-4-8-19(9-5-16)29-11-10-25-14-29)28-23-22-20(26-13-27-23)12-21(30-22)17-2-6-18(24)7-3-17/h2-15H,1H3,(H,26,27,28)/t15-/m1/s1. The molecule has 0 saturated carbocycles. The predicted molar refractivity (Wildman–Crippen MR) is 118 cm³/mol. The Bertz CT molecular complexity index is 1280. The van der Waals surface area contributed by atoms with Crippen molar-refractivity contribution in [1.29, 1.82) is 0 Å². The van der Waals surface area contributed by atoms with Crippen LogP contribution in [0.2, 0.25) is 0 Å². The zero-order valence-corrected chi connectivity index (χ0v) is 17.0. The maximum absolute atomic E-state index is 13.2. The van der Waals surface area contributed by atoms with E-state index in [-0.39, 0.29) is 11.9 Å².